The Hall–Kier alpha value is -1.45. The second kappa shape index (κ2) is 3.29. The normalized spacial score (nSPS) is 15.0. The smallest absolute Gasteiger partial charge is 0.257 e. The molecule has 4 heteroatoms. The first kappa shape index (κ1) is 10.1. The van der Waals surface area contributed by atoms with E-state index in [-0.39, 0.29) is 23.7 Å². The third-order valence-corrected chi connectivity index (χ3v) is 2.63. The monoisotopic (exact) mass is 211 g/mol. The molecule has 1 aromatic rings. The van der Waals surface area contributed by atoms with Crippen molar-refractivity contribution in [3.05, 3.63) is 34.9 Å². The zero-order valence-corrected chi connectivity index (χ0v) is 8.55. The number of amides is 1. The maximum absolute atomic E-state index is 13.3. The summed E-state index contributed by atoms with van der Waals surface area (Å²) in [6.07, 6.45) is 0. The predicted octanol–water partition coefficient (Wildman–Crippen LogP) is 2.33. The van der Waals surface area contributed by atoms with Gasteiger partial charge < -0.3 is 4.90 Å². The van der Waals surface area contributed by atoms with Crippen LogP contribution < -0.4 is 0 Å². The summed E-state index contributed by atoms with van der Waals surface area (Å²) < 4.78 is 26.7. The van der Waals surface area contributed by atoms with Crippen LogP contribution >= 0.6 is 0 Å². The Morgan fingerprint density at radius 2 is 1.87 bits per heavy atom. The van der Waals surface area contributed by atoms with Crippen LogP contribution in [-0.2, 0) is 6.54 Å². The third kappa shape index (κ3) is 1.40. The molecule has 0 N–H and O–H groups in total. The van der Waals surface area contributed by atoms with Crippen molar-refractivity contribution in [3.63, 3.8) is 0 Å². The number of hydrogen-bond donors (Lipinski definition) is 0. The molecule has 1 heterocycles. The number of benzene rings is 1. The van der Waals surface area contributed by atoms with Gasteiger partial charge in [-0.15, -0.1) is 0 Å². The summed E-state index contributed by atoms with van der Waals surface area (Å²) in [5.41, 5.74) is 0.0670. The number of halogens is 2. The molecule has 0 saturated carbocycles. The van der Waals surface area contributed by atoms with Gasteiger partial charge in [-0.25, -0.2) is 8.78 Å². The predicted molar refractivity (Wildman–Crippen MR) is 51.4 cm³/mol. The fourth-order valence-electron chi connectivity index (χ4n) is 1.78. The van der Waals surface area contributed by atoms with Gasteiger partial charge in [0.05, 0.1) is 12.1 Å². The molecule has 0 fully saturated rings. The highest BCUT2D eigenvalue weighted by molar-refractivity contribution is 5.98. The second-order valence-corrected chi connectivity index (χ2v) is 3.91. The Kier molecular flexibility index (Phi) is 2.21. The maximum Gasteiger partial charge on any atom is 0.257 e. The third-order valence-electron chi connectivity index (χ3n) is 2.63. The minimum Gasteiger partial charge on any atom is -0.332 e. The molecule has 1 aromatic carbocycles. The van der Waals surface area contributed by atoms with Crippen LogP contribution in [0.2, 0.25) is 0 Å². The molecule has 0 saturated heterocycles. The maximum atomic E-state index is 13.3. The molecule has 0 radical (unpaired) electrons. The zero-order valence-electron chi connectivity index (χ0n) is 8.55. The van der Waals surface area contributed by atoms with E-state index in [1.165, 1.54) is 4.90 Å². The van der Waals surface area contributed by atoms with Gasteiger partial charge in [-0.2, -0.15) is 0 Å². The summed E-state index contributed by atoms with van der Waals surface area (Å²) in [6, 6.07) is 2.00. The van der Waals surface area contributed by atoms with Gasteiger partial charge >= 0.3 is 0 Å². The van der Waals surface area contributed by atoms with Gasteiger partial charge in [0.2, 0.25) is 0 Å². The molecule has 80 valence electrons. The molecule has 0 aromatic heterocycles. The average molecular weight is 211 g/mol. The summed E-state index contributed by atoms with van der Waals surface area (Å²) in [6.45, 7) is 3.80. The van der Waals surface area contributed by atoms with Gasteiger partial charge in [0.1, 0.15) is 11.6 Å². The van der Waals surface area contributed by atoms with Crippen molar-refractivity contribution < 1.29 is 13.6 Å². The van der Waals surface area contributed by atoms with Gasteiger partial charge in [0.25, 0.3) is 5.91 Å². The van der Waals surface area contributed by atoms with Crippen molar-refractivity contribution in [2.75, 3.05) is 0 Å². The molecular formula is C11H11F2NO. The number of fused-ring (bicyclic) bond motifs is 1. The molecular weight excluding hydrogens is 200 g/mol. The van der Waals surface area contributed by atoms with Crippen LogP contribution in [0, 0.1) is 11.6 Å². The second-order valence-electron chi connectivity index (χ2n) is 3.91. The van der Waals surface area contributed by atoms with Crippen molar-refractivity contribution in [2.24, 2.45) is 0 Å². The SMILES string of the molecule is CC(C)N1Cc2c(F)ccc(F)c2C1=O. The van der Waals surface area contributed by atoms with E-state index in [0.29, 0.717) is 0 Å². The van der Waals surface area contributed by atoms with Crippen molar-refractivity contribution in [1.82, 2.24) is 4.90 Å². The lowest BCUT2D eigenvalue weighted by molar-refractivity contribution is 0.0727. The van der Waals surface area contributed by atoms with E-state index in [2.05, 4.69) is 0 Å². The Morgan fingerprint density at radius 3 is 2.40 bits per heavy atom. The molecule has 2 rings (SSSR count). The Balaban J connectivity index is 2.54. The average Bonchev–Trinajstić information content (AvgIpc) is 2.51. The molecule has 0 atom stereocenters. The Labute approximate surface area is 86.5 Å². The van der Waals surface area contributed by atoms with Crippen LogP contribution in [0.15, 0.2) is 12.1 Å². The molecule has 1 aliphatic heterocycles. The molecule has 2 nitrogen and oxygen atoms in total. The highest BCUT2D eigenvalue weighted by Crippen LogP contribution is 2.28. The Morgan fingerprint density at radius 1 is 1.27 bits per heavy atom. The first-order valence-electron chi connectivity index (χ1n) is 4.80. The van der Waals surface area contributed by atoms with Crippen molar-refractivity contribution in [1.29, 1.82) is 0 Å². The lowest BCUT2D eigenvalue weighted by atomic mass is 10.1. The molecule has 0 bridgehead atoms. The van der Waals surface area contributed by atoms with Gasteiger partial charge in [0, 0.05) is 11.6 Å². The van der Waals surface area contributed by atoms with Crippen molar-refractivity contribution in [2.45, 2.75) is 26.4 Å². The van der Waals surface area contributed by atoms with E-state index < -0.39 is 17.5 Å². The standard InChI is InChI=1S/C11H11F2NO/c1-6(2)14-5-7-8(12)3-4-9(13)10(7)11(14)15/h3-4,6H,5H2,1-2H3. The first-order chi connectivity index (χ1) is 7.02. The number of carbonyl (C=O) groups excluding carboxylic acids is 1. The van der Waals surface area contributed by atoms with Gasteiger partial charge in [-0.05, 0) is 26.0 Å². The number of hydrogen-bond acceptors (Lipinski definition) is 1. The van der Waals surface area contributed by atoms with Crippen LogP contribution in [0.1, 0.15) is 29.8 Å². The first-order valence-corrected chi connectivity index (χ1v) is 4.80. The van der Waals surface area contributed by atoms with Crippen LogP contribution in [0.3, 0.4) is 0 Å². The van der Waals surface area contributed by atoms with Crippen molar-refractivity contribution in [3.8, 4) is 0 Å². The lowest BCUT2D eigenvalue weighted by Crippen LogP contribution is -2.31. The summed E-state index contributed by atoms with van der Waals surface area (Å²) in [5, 5.41) is 0. The van der Waals surface area contributed by atoms with Crippen LogP contribution in [0.4, 0.5) is 8.78 Å². The molecule has 1 amide bonds. The fourth-order valence-corrected chi connectivity index (χ4v) is 1.78. The quantitative estimate of drug-likeness (QED) is 0.698. The zero-order chi connectivity index (χ0) is 11.2. The summed E-state index contributed by atoms with van der Waals surface area (Å²) in [7, 11) is 0. The van der Waals surface area contributed by atoms with Crippen LogP contribution in [0.25, 0.3) is 0 Å². The minimum absolute atomic E-state index is 0.0521. The van der Waals surface area contributed by atoms with E-state index in [0.717, 1.165) is 12.1 Å². The Bertz CT molecular complexity index is 429. The minimum atomic E-state index is -0.639. The van der Waals surface area contributed by atoms with E-state index in [9.17, 15) is 13.6 Å². The number of rotatable bonds is 1. The molecule has 15 heavy (non-hydrogen) atoms. The van der Waals surface area contributed by atoms with Gasteiger partial charge in [-0.1, -0.05) is 0 Å². The van der Waals surface area contributed by atoms with Crippen molar-refractivity contribution >= 4 is 5.91 Å². The largest absolute Gasteiger partial charge is 0.332 e. The number of carbonyl (C=O) groups is 1. The van der Waals surface area contributed by atoms with E-state index in [4.69, 9.17) is 0 Å². The van der Waals surface area contributed by atoms with E-state index in [1.54, 1.807) is 0 Å². The highest BCUT2D eigenvalue weighted by Gasteiger charge is 2.33. The molecule has 0 aliphatic carbocycles. The lowest BCUT2D eigenvalue weighted by Gasteiger charge is -2.19. The molecule has 0 spiro atoms. The van der Waals surface area contributed by atoms with Crippen LogP contribution in [0.5, 0.6) is 0 Å². The van der Waals surface area contributed by atoms with E-state index >= 15 is 0 Å². The van der Waals surface area contributed by atoms with Gasteiger partial charge in [0.15, 0.2) is 0 Å². The molecule has 0 unspecified atom stereocenters. The van der Waals surface area contributed by atoms with Gasteiger partial charge in [-0.3, -0.25) is 4.79 Å². The highest BCUT2D eigenvalue weighted by atomic mass is 19.1. The summed E-state index contributed by atoms with van der Waals surface area (Å²) >= 11 is 0. The van der Waals surface area contributed by atoms with Crippen LogP contribution in [-0.4, -0.2) is 16.8 Å². The fraction of sp³-hybridized carbons (Fsp3) is 0.364. The number of nitrogens with zero attached hydrogens (tertiary/aromatic N) is 1. The van der Waals surface area contributed by atoms with E-state index in [1.807, 2.05) is 13.8 Å². The molecule has 1 aliphatic rings. The summed E-state index contributed by atoms with van der Waals surface area (Å²) in [5.74, 6) is -1.57. The topological polar surface area (TPSA) is 20.3 Å². The summed E-state index contributed by atoms with van der Waals surface area (Å²) in [4.78, 5) is 13.2.